The number of benzene rings is 2. The molecule has 1 saturated heterocycles. The maximum atomic E-state index is 10.3. The van der Waals surface area contributed by atoms with Crippen LogP contribution in [-0.2, 0) is 12.8 Å². The van der Waals surface area contributed by atoms with Crippen molar-refractivity contribution in [3.05, 3.63) is 59.7 Å². The number of aliphatic hydroxyl groups excluding tert-OH is 2. The minimum Gasteiger partial charge on any atom is -0.491 e. The SMILES string of the molecule is CCc1ccc(OC[C@H](O)CN2CCN(C[C@@H](O)COc3ccc(CC)cc3)CC2)cc1. The van der Waals surface area contributed by atoms with Crippen molar-refractivity contribution in [2.45, 2.75) is 38.9 Å². The van der Waals surface area contributed by atoms with E-state index in [1.807, 2.05) is 24.3 Å². The van der Waals surface area contributed by atoms with Gasteiger partial charge in [0.05, 0.1) is 0 Å². The summed E-state index contributed by atoms with van der Waals surface area (Å²) in [6, 6.07) is 16.1. The number of hydrogen-bond acceptors (Lipinski definition) is 6. The second kappa shape index (κ2) is 12.8. The Morgan fingerprint density at radius 3 is 1.31 bits per heavy atom. The Balaban J connectivity index is 1.29. The van der Waals surface area contributed by atoms with Crippen LogP contribution in [0.15, 0.2) is 48.5 Å². The van der Waals surface area contributed by atoms with E-state index in [0.717, 1.165) is 50.5 Å². The summed E-state index contributed by atoms with van der Waals surface area (Å²) < 4.78 is 11.4. The van der Waals surface area contributed by atoms with Gasteiger partial charge < -0.3 is 19.7 Å². The molecule has 32 heavy (non-hydrogen) atoms. The Labute approximate surface area is 192 Å². The summed E-state index contributed by atoms with van der Waals surface area (Å²) in [5.74, 6) is 1.59. The molecule has 0 amide bonds. The van der Waals surface area contributed by atoms with Gasteiger partial charge in [-0.1, -0.05) is 38.1 Å². The van der Waals surface area contributed by atoms with Gasteiger partial charge >= 0.3 is 0 Å². The summed E-state index contributed by atoms with van der Waals surface area (Å²) in [6.07, 6.45) is 0.966. The van der Waals surface area contributed by atoms with Crippen molar-refractivity contribution in [3.8, 4) is 11.5 Å². The summed E-state index contributed by atoms with van der Waals surface area (Å²) in [7, 11) is 0. The molecule has 2 aromatic rings. The van der Waals surface area contributed by atoms with Gasteiger partial charge in [0.1, 0.15) is 36.9 Å². The van der Waals surface area contributed by atoms with Crippen molar-refractivity contribution in [2.75, 3.05) is 52.5 Å². The molecule has 0 spiro atoms. The predicted octanol–water partition coefficient (Wildman–Crippen LogP) is 2.61. The lowest BCUT2D eigenvalue weighted by atomic mass is 10.2. The molecule has 1 aliphatic heterocycles. The van der Waals surface area contributed by atoms with Crippen molar-refractivity contribution in [1.29, 1.82) is 0 Å². The summed E-state index contributed by atoms with van der Waals surface area (Å²) in [5, 5.41) is 20.7. The fourth-order valence-corrected chi connectivity index (χ4v) is 3.88. The van der Waals surface area contributed by atoms with Crippen LogP contribution in [0.3, 0.4) is 0 Å². The van der Waals surface area contributed by atoms with E-state index < -0.39 is 12.2 Å². The normalized spacial score (nSPS) is 17.1. The van der Waals surface area contributed by atoms with Crippen LogP contribution in [0.25, 0.3) is 0 Å². The summed E-state index contributed by atoms with van der Waals surface area (Å²) in [6.45, 7) is 9.51. The van der Waals surface area contributed by atoms with Crippen LogP contribution in [0.5, 0.6) is 11.5 Å². The van der Waals surface area contributed by atoms with Crippen molar-refractivity contribution in [2.24, 2.45) is 0 Å². The number of aliphatic hydroxyl groups is 2. The first kappa shape index (κ1) is 24.5. The highest BCUT2D eigenvalue weighted by atomic mass is 16.5. The van der Waals surface area contributed by atoms with E-state index in [1.165, 1.54) is 11.1 Å². The first-order valence-corrected chi connectivity index (χ1v) is 11.8. The van der Waals surface area contributed by atoms with Gasteiger partial charge in [-0.2, -0.15) is 0 Å². The van der Waals surface area contributed by atoms with Crippen molar-refractivity contribution in [3.63, 3.8) is 0 Å². The maximum Gasteiger partial charge on any atom is 0.119 e. The highest BCUT2D eigenvalue weighted by Gasteiger charge is 2.21. The van der Waals surface area contributed by atoms with E-state index in [9.17, 15) is 10.2 Å². The molecule has 2 atom stereocenters. The third-order valence-electron chi connectivity index (χ3n) is 5.95. The molecule has 176 valence electrons. The zero-order valence-electron chi connectivity index (χ0n) is 19.4. The Morgan fingerprint density at radius 2 is 1.00 bits per heavy atom. The van der Waals surface area contributed by atoms with Crippen LogP contribution in [0.2, 0.25) is 0 Å². The van der Waals surface area contributed by atoms with E-state index in [2.05, 4.69) is 47.9 Å². The molecule has 0 aromatic heterocycles. The van der Waals surface area contributed by atoms with Crippen LogP contribution in [-0.4, -0.2) is 84.7 Å². The molecular weight excluding hydrogens is 404 g/mol. The predicted molar refractivity (Wildman–Crippen MR) is 128 cm³/mol. The molecular formula is C26H38N2O4. The van der Waals surface area contributed by atoms with Gasteiger partial charge in [-0.25, -0.2) is 0 Å². The highest BCUT2D eigenvalue weighted by Crippen LogP contribution is 2.14. The topological polar surface area (TPSA) is 65.4 Å². The Bertz CT molecular complexity index is 706. The van der Waals surface area contributed by atoms with Gasteiger partial charge in [-0.15, -0.1) is 0 Å². The van der Waals surface area contributed by atoms with Crippen LogP contribution in [0.4, 0.5) is 0 Å². The molecule has 1 aliphatic rings. The van der Waals surface area contributed by atoms with Crippen molar-refractivity contribution in [1.82, 2.24) is 9.80 Å². The lowest BCUT2D eigenvalue weighted by Crippen LogP contribution is -2.51. The van der Waals surface area contributed by atoms with Gasteiger partial charge in [-0.3, -0.25) is 9.80 Å². The van der Waals surface area contributed by atoms with Crippen LogP contribution in [0, 0.1) is 0 Å². The molecule has 2 aromatic carbocycles. The Kier molecular flexibility index (Phi) is 9.81. The minimum absolute atomic E-state index is 0.293. The fourth-order valence-electron chi connectivity index (χ4n) is 3.88. The second-order valence-electron chi connectivity index (χ2n) is 8.53. The van der Waals surface area contributed by atoms with Crippen LogP contribution in [0.1, 0.15) is 25.0 Å². The van der Waals surface area contributed by atoms with Gasteiger partial charge in [0.2, 0.25) is 0 Å². The molecule has 2 N–H and O–H groups in total. The molecule has 0 radical (unpaired) electrons. The van der Waals surface area contributed by atoms with E-state index in [-0.39, 0.29) is 0 Å². The van der Waals surface area contributed by atoms with Gasteiger partial charge in [0.25, 0.3) is 0 Å². The number of aryl methyl sites for hydroxylation is 2. The van der Waals surface area contributed by atoms with E-state index >= 15 is 0 Å². The molecule has 1 fully saturated rings. The minimum atomic E-state index is -0.523. The third-order valence-corrected chi connectivity index (χ3v) is 5.95. The lowest BCUT2D eigenvalue weighted by Gasteiger charge is -2.36. The van der Waals surface area contributed by atoms with E-state index in [0.29, 0.717) is 26.3 Å². The van der Waals surface area contributed by atoms with Crippen LogP contribution < -0.4 is 9.47 Å². The molecule has 3 rings (SSSR count). The molecule has 6 heteroatoms. The standard InChI is InChI=1S/C26H38N2O4/c1-3-21-5-9-25(10-6-21)31-19-23(29)17-27-13-15-28(16-14-27)18-24(30)20-32-26-11-7-22(4-2)8-12-26/h5-12,23-24,29-30H,3-4,13-20H2,1-2H3/t23-,24-/m1/s1. The molecule has 0 saturated carbocycles. The molecule has 0 aliphatic carbocycles. The zero-order chi connectivity index (χ0) is 22.8. The summed E-state index contributed by atoms with van der Waals surface area (Å²) in [5.41, 5.74) is 2.55. The second-order valence-corrected chi connectivity index (χ2v) is 8.53. The fraction of sp³-hybridized carbons (Fsp3) is 0.538. The average Bonchev–Trinajstić information content (AvgIpc) is 2.83. The molecule has 0 bridgehead atoms. The summed E-state index contributed by atoms with van der Waals surface area (Å²) in [4.78, 5) is 4.51. The number of ether oxygens (including phenoxy) is 2. The highest BCUT2D eigenvalue weighted by molar-refractivity contribution is 5.28. The first-order valence-electron chi connectivity index (χ1n) is 11.8. The Hall–Kier alpha value is -2.12. The first-order chi connectivity index (χ1) is 15.6. The Morgan fingerprint density at radius 1 is 0.656 bits per heavy atom. The number of hydrogen-bond donors (Lipinski definition) is 2. The number of nitrogens with zero attached hydrogens (tertiary/aromatic N) is 2. The summed E-state index contributed by atoms with van der Waals surface area (Å²) >= 11 is 0. The van der Waals surface area contributed by atoms with Crippen molar-refractivity contribution >= 4 is 0 Å². The lowest BCUT2D eigenvalue weighted by molar-refractivity contribution is 0.0240. The zero-order valence-corrected chi connectivity index (χ0v) is 19.4. The van der Waals surface area contributed by atoms with Crippen molar-refractivity contribution < 1.29 is 19.7 Å². The van der Waals surface area contributed by atoms with Gasteiger partial charge in [0, 0.05) is 39.3 Å². The molecule has 6 nitrogen and oxygen atoms in total. The monoisotopic (exact) mass is 442 g/mol. The number of rotatable bonds is 12. The molecule has 1 heterocycles. The quantitative estimate of drug-likeness (QED) is 0.527. The number of piperazine rings is 1. The third kappa shape index (κ3) is 8.10. The number of β-amino-alcohol motifs (C(OH)–C–C–N with tert-alkyl or cyclic N) is 2. The smallest absolute Gasteiger partial charge is 0.119 e. The van der Waals surface area contributed by atoms with Gasteiger partial charge in [-0.05, 0) is 48.2 Å². The average molecular weight is 443 g/mol. The van der Waals surface area contributed by atoms with Gasteiger partial charge in [0.15, 0.2) is 0 Å². The van der Waals surface area contributed by atoms with E-state index in [1.54, 1.807) is 0 Å². The maximum absolute atomic E-state index is 10.3. The largest absolute Gasteiger partial charge is 0.491 e. The molecule has 0 unspecified atom stereocenters. The van der Waals surface area contributed by atoms with E-state index in [4.69, 9.17) is 9.47 Å². The van der Waals surface area contributed by atoms with Crippen LogP contribution >= 0.6 is 0 Å².